The minimum Gasteiger partial charge on any atom is -0.457 e. The number of ketones is 1. The van der Waals surface area contributed by atoms with E-state index in [1.807, 2.05) is 50.5 Å². The molecule has 0 amide bonds. The molecule has 5 nitrogen and oxygen atoms in total. The van der Waals surface area contributed by atoms with Gasteiger partial charge in [0.2, 0.25) is 0 Å². The van der Waals surface area contributed by atoms with Gasteiger partial charge in [-0.2, -0.15) is 0 Å². The van der Waals surface area contributed by atoms with Gasteiger partial charge in [-0.25, -0.2) is 4.98 Å². The Morgan fingerprint density at radius 3 is 2.42 bits per heavy atom. The Kier molecular flexibility index (Phi) is 9.80. The Morgan fingerprint density at radius 1 is 1.18 bits per heavy atom. The minimum atomic E-state index is -1.11. The number of aromatic nitrogens is 1. The van der Waals surface area contributed by atoms with Gasteiger partial charge in [0, 0.05) is 17.7 Å². The van der Waals surface area contributed by atoms with Crippen molar-refractivity contribution in [2.75, 3.05) is 0 Å². The van der Waals surface area contributed by atoms with Gasteiger partial charge in [0.1, 0.15) is 11.9 Å². The number of aryl methyl sites for hydroxylation is 1. The van der Waals surface area contributed by atoms with Crippen LogP contribution in [0.1, 0.15) is 71.5 Å². The lowest BCUT2D eigenvalue weighted by atomic mass is 9.70. The summed E-state index contributed by atoms with van der Waals surface area (Å²) in [6, 6.07) is 0. The predicted octanol–water partition coefficient (Wildman–Crippen LogP) is 5.93. The molecule has 1 aliphatic rings. The topological polar surface area (TPSA) is 76.5 Å². The van der Waals surface area contributed by atoms with Gasteiger partial charge in [0.25, 0.3) is 0 Å². The van der Waals surface area contributed by atoms with Crippen LogP contribution < -0.4 is 0 Å². The lowest BCUT2D eigenvalue weighted by molar-refractivity contribution is -0.153. The molecule has 182 valence electrons. The Morgan fingerprint density at radius 2 is 1.82 bits per heavy atom. The molecule has 1 aromatic heterocycles. The Bertz CT molecular complexity index is 911. The minimum absolute atomic E-state index is 0.0235. The number of cyclic esters (lactones) is 1. The maximum atomic E-state index is 13.3. The molecule has 0 aliphatic carbocycles. The fourth-order valence-corrected chi connectivity index (χ4v) is 4.64. The summed E-state index contributed by atoms with van der Waals surface area (Å²) in [7, 11) is 0. The molecule has 0 radical (unpaired) electrons. The quantitative estimate of drug-likeness (QED) is 0.539. The average Bonchev–Trinajstić information content (AvgIpc) is 3.16. The average molecular weight is 474 g/mol. The standard InChI is InChI=1S/C27H39NO4S/c1-17-12-10-8-9-11-13-23(18(2)14-22-16-33-21(5)28-22)32-25(30)15-24(29)27(6,7)26(31)20(4)19(17)3/h8-11,14,16-17,19-20,23-24,29H,12-13,15H2,1-7H3/b10-8+,11-9-,18-14+/t17-,19-,20+,23-,24-/m0/s1. The number of esters is 1. The number of Topliss-reactive ketones (excluding diaryl/α,β-unsaturated/α-hetero) is 1. The highest BCUT2D eigenvalue weighted by atomic mass is 32.1. The number of ether oxygens (including phenoxy) is 1. The maximum Gasteiger partial charge on any atom is 0.309 e. The van der Waals surface area contributed by atoms with E-state index in [2.05, 4.69) is 24.9 Å². The monoisotopic (exact) mass is 473 g/mol. The van der Waals surface area contributed by atoms with Crippen LogP contribution in [-0.2, 0) is 14.3 Å². The van der Waals surface area contributed by atoms with Gasteiger partial charge in [-0.3, -0.25) is 9.59 Å². The third-order valence-corrected chi connectivity index (χ3v) is 7.75. The van der Waals surface area contributed by atoms with E-state index in [0.717, 1.165) is 22.7 Å². The molecule has 1 aromatic rings. The Labute approximate surface area is 202 Å². The number of carbonyl (C=O) groups is 2. The van der Waals surface area contributed by atoms with E-state index >= 15 is 0 Å². The number of allylic oxidation sites excluding steroid dienone is 3. The first-order valence-corrected chi connectivity index (χ1v) is 12.6. The number of hydrogen-bond donors (Lipinski definition) is 1. The van der Waals surface area contributed by atoms with Crippen molar-refractivity contribution in [3.8, 4) is 0 Å². The van der Waals surface area contributed by atoms with Crippen molar-refractivity contribution >= 4 is 29.2 Å². The van der Waals surface area contributed by atoms with Crippen LogP contribution in [0.25, 0.3) is 6.08 Å². The number of aliphatic hydroxyl groups is 1. The molecule has 0 saturated carbocycles. The molecule has 33 heavy (non-hydrogen) atoms. The van der Waals surface area contributed by atoms with Crippen molar-refractivity contribution in [2.24, 2.45) is 23.2 Å². The molecule has 0 saturated heterocycles. The molecule has 0 unspecified atom stereocenters. The van der Waals surface area contributed by atoms with Gasteiger partial charge < -0.3 is 9.84 Å². The van der Waals surface area contributed by atoms with Gasteiger partial charge in [-0.05, 0) is 43.8 Å². The Hall–Kier alpha value is -2.05. The van der Waals surface area contributed by atoms with Gasteiger partial charge in [-0.15, -0.1) is 11.3 Å². The first-order chi connectivity index (χ1) is 15.4. The zero-order valence-electron chi connectivity index (χ0n) is 21.0. The van der Waals surface area contributed by atoms with Crippen molar-refractivity contribution < 1.29 is 19.4 Å². The molecule has 0 fully saturated rings. The second kappa shape index (κ2) is 11.9. The molecule has 0 aromatic carbocycles. The van der Waals surface area contributed by atoms with E-state index in [1.54, 1.807) is 25.2 Å². The van der Waals surface area contributed by atoms with E-state index in [1.165, 1.54) is 0 Å². The fraction of sp³-hybridized carbons (Fsp3) is 0.593. The van der Waals surface area contributed by atoms with Crippen LogP contribution >= 0.6 is 11.3 Å². The smallest absolute Gasteiger partial charge is 0.309 e. The number of carbonyl (C=O) groups excluding carboxylic acids is 2. The third-order valence-electron chi connectivity index (χ3n) is 6.96. The Balaban J connectivity index is 2.32. The largest absolute Gasteiger partial charge is 0.457 e. The molecule has 2 rings (SSSR count). The summed E-state index contributed by atoms with van der Waals surface area (Å²) in [6.07, 6.45) is 9.59. The molecule has 1 aliphatic heterocycles. The second-order valence-corrected chi connectivity index (χ2v) is 11.0. The van der Waals surface area contributed by atoms with Gasteiger partial charge in [0.05, 0.1) is 28.6 Å². The molecular formula is C27H39NO4S. The highest BCUT2D eigenvalue weighted by Gasteiger charge is 2.41. The molecule has 6 heteroatoms. The normalized spacial score (nSPS) is 32.2. The summed E-state index contributed by atoms with van der Waals surface area (Å²) >= 11 is 1.57. The number of thiazole rings is 1. The second-order valence-electron chi connectivity index (χ2n) is 9.92. The highest BCUT2D eigenvalue weighted by Crippen LogP contribution is 2.34. The first kappa shape index (κ1) is 27.2. The van der Waals surface area contributed by atoms with Crippen LogP contribution in [0.15, 0.2) is 35.3 Å². The fourth-order valence-electron chi connectivity index (χ4n) is 4.07. The highest BCUT2D eigenvalue weighted by molar-refractivity contribution is 7.09. The zero-order valence-corrected chi connectivity index (χ0v) is 21.8. The van der Waals surface area contributed by atoms with E-state index in [-0.39, 0.29) is 24.0 Å². The summed E-state index contributed by atoms with van der Waals surface area (Å²) in [5.74, 6) is -0.287. The molecule has 5 atom stereocenters. The van der Waals surface area contributed by atoms with E-state index in [0.29, 0.717) is 12.3 Å². The first-order valence-electron chi connectivity index (χ1n) is 11.8. The van der Waals surface area contributed by atoms with Crippen molar-refractivity contribution in [1.29, 1.82) is 0 Å². The van der Waals surface area contributed by atoms with Crippen LogP contribution in [0, 0.1) is 30.1 Å². The van der Waals surface area contributed by atoms with Crippen molar-refractivity contribution in [2.45, 2.75) is 79.9 Å². The molecule has 2 heterocycles. The van der Waals surface area contributed by atoms with Gasteiger partial charge in [0.15, 0.2) is 0 Å². The maximum absolute atomic E-state index is 13.3. The van der Waals surface area contributed by atoms with E-state index < -0.39 is 23.6 Å². The number of rotatable bonds is 2. The number of nitrogens with zero attached hydrogens (tertiary/aromatic N) is 1. The van der Waals surface area contributed by atoms with Gasteiger partial charge >= 0.3 is 5.97 Å². The lowest BCUT2D eigenvalue weighted by Crippen LogP contribution is -2.43. The van der Waals surface area contributed by atoms with Gasteiger partial charge in [-0.1, -0.05) is 58.9 Å². The summed E-state index contributed by atoms with van der Waals surface area (Å²) < 4.78 is 5.78. The van der Waals surface area contributed by atoms with Crippen LogP contribution in [0.5, 0.6) is 0 Å². The third kappa shape index (κ3) is 7.47. The predicted molar refractivity (Wildman–Crippen MR) is 135 cm³/mol. The SMILES string of the molecule is C/C(=C\c1csc(C)n1)[C@@H]1C/C=C\C=C\C[C@H](C)[C@H](C)[C@@H](C)C(=O)C(C)(C)[C@@H](O)CC(=O)O1. The summed E-state index contributed by atoms with van der Waals surface area (Å²) in [5, 5.41) is 13.8. The van der Waals surface area contributed by atoms with Crippen LogP contribution in [-0.4, -0.2) is 34.1 Å². The molecule has 1 N–H and O–H groups in total. The van der Waals surface area contributed by atoms with Crippen LogP contribution in [0.4, 0.5) is 0 Å². The molecular weight excluding hydrogens is 434 g/mol. The van der Waals surface area contributed by atoms with Crippen molar-refractivity contribution in [1.82, 2.24) is 4.98 Å². The molecule has 0 spiro atoms. The molecule has 0 bridgehead atoms. The summed E-state index contributed by atoms with van der Waals surface area (Å²) in [4.78, 5) is 30.5. The zero-order chi connectivity index (χ0) is 24.8. The summed E-state index contributed by atoms with van der Waals surface area (Å²) in [5.41, 5.74) is 0.674. The van der Waals surface area contributed by atoms with E-state index in [9.17, 15) is 14.7 Å². The van der Waals surface area contributed by atoms with E-state index in [4.69, 9.17) is 4.74 Å². The number of aliphatic hydroxyl groups excluding tert-OH is 1. The van der Waals surface area contributed by atoms with Crippen molar-refractivity contribution in [3.63, 3.8) is 0 Å². The van der Waals surface area contributed by atoms with Crippen LogP contribution in [0.2, 0.25) is 0 Å². The van der Waals surface area contributed by atoms with Crippen LogP contribution in [0.3, 0.4) is 0 Å². The number of hydrogen-bond acceptors (Lipinski definition) is 6. The lowest BCUT2D eigenvalue weighted by Gasteiger charge is -2.35. The van der Waals surface area contributed by atoms with Crippen molar-refractivity contribution in [3.05, 3.63) is 46.0 Å². The summed E-state index contributed by atoms with van der Waals surface area (Å²) in [6.45, 7) is 13.5.